The highest BCUT2D eigenvalue weighted by molar-refractivity contribution is 5.76. The van der Waals surface area contributed by atoms with E-state index >= 15 is 0 Å². The minimum absolute atomic E-state index is 0.0978. The van der Waals surface area contributed by atoms with E-state index in [2.05, 4.69) is 0 Å². The lowest BCUT2D eigenvalue weighted by Gasteiger charge is -2.16. The second-order valence-corrected chi connectivity index (χ2v) is 4.15. The number of halogens is 2. The van der Waals surface area contributed by atoms with E-state index in [1.165, 1.54) is 0 Å². The molecule has 0 fully saturated rings. The summed E-state index contributed by atoms with van der Waals surface area (Å²) in [5.74, 6) is -3.47. The first-order valence-electron chi connectivity index (χ1n) is 5.24. The Morgan fingerprint density at radius 2 is 2.06 bits per heavy atom. The van der Waals surface area contributed by atoms with Crippen LogP contribution in [0.4, 0.5) is 8.78 Å². The standard InChI is InChI=1S/C12H15F2NO2/c1-15(2)6-5-9(12(16)17)10-7-8(13)3-4-11(10)14/h3-4,7,9H,5-6H2,1-2H3,(H,16,17). The van der Waals surface area contributed by atoms with Crippen molar-refractivity contribution in [3.8, 4) is 0 Å². The van der Waals surface area contributed by atoms with Crippen LogP contribution in [-0.4, -0.2) is 36.6 Å². The number of nitrogens with zero attached hydrogens (tertiary/aromatic N) is 1. The van der Waals surface area contributed by atoms with Crippen LogP contribution in [0, 0.1) is 11.6 Å². The molecule has 0 aromatic heterocycles. The van der Waals surface area contributed by atoms with E-state index in [0.29, 0.717) is 6.54 Å². The van der Waals surface area contributed by atoms with Gasteiger partial charge in [-0.1, -0.05) is 0 Å². The summed E-state index contributed by atoms with van der Waals surface area (Å²) in [7, 11) is 3.59. The van der Waals surface area contributed by atoms with Crippen molar-refractivity contribution in [2.45, 2.75) is 12.3 Å². The number of carbonyl (C=O) groups is 1. The molecule has 94 valence electrons. The third-order valence-electron chi connectivity index (χ3n) is 2.50. The lowest BCUT2D eigenvalue weighted by Crippen LogP contribution is -2.21. The van der Waals surface area contributed by atoms with Gasteiger partial charge in [-0.3, -0.25) is 4.79 Å². The van der Waals surface area contributed by atoms with Gasteiger partial charge in [-0.15, -0.1) is 0 Å². The Morgan fingerprint density at radius 3 is 2.59 bits per heavy atom. The van der Waals surface area contributed by atoms with Crippen molar-refractivity contribution in [2.75, 3.05) is 20.6 Å². The highest BCUT2D eigenvalue weighted by atomic mass is 19.1. The largest absolute Gasteiger partial charge is 0.481 e. The molecule has 5 heteroatoms. The Morgan fingerprint density at radius 1 is 1.41 bits per heavy atom. The second kappa shape index (κ2) is 5.72. The van der Waals surface area contributed by atoms with E-state index in [4.69, 9.17) is 5.11 Å². The summed E-state index contributed by atoms with van der Waals surface area (Å²) in [4.78, 5) is 12.9. The second-order valence-electron chi connectivity index (χ2n) is 4.15. The van der Waals surface area contributed by atoms with Crippen LogP contribution < -0.4 is 0 Å². The van der Waals surface area contributed by atoms with Crippen molar-refractivity contribution < 1.29 is 18.7 Å². The average Bonchev–Trinajstić information content (AvgIpc) is 2.22. The minimum Gasteiger partial charge on any atom is -0.481 e. The van der Waals surface area contributed by atoms with E-state index in [-0.39, 0.29) is 12.0 Å². The average molecular weight is 243 g/mol. The number of carboxylic acid groups (broad SMARTS) is 1. The van der Waals surface area contributed by atoms with Crippen LogP contribution in [0.25, 0.3) is 0 Å². The molecule has 1 aromatic carbocycles. The Labute approximate surface area is 98.7 Å². The third kappa shape index (κ3) is 3.78. The molecule has 0 saturated heterocycles. The summed E-state index contributed by atoms with van der Waals surface area (Å²) < 4.78 is 26.5. The molecule has 0 spiro atoms. The first kappa shape index (κ1) is 13.6. The van der Waals surface area contributed by atoms with Gasteiger partial charge in [-0.2, -0.15) is 0 Å². The molecule has 1 aromatic rings. The maximum Gasteiger partial charge on any atom is 0.311 e. The molecule has 0 radical (unpaired) electrons. The van der Waals surface area contributed by atoms with Crippen LogP contribution in [0.2, 0.25) is 0 Å². The zero-order valence-electron chi connectivity index (χ0n) is 9.78. The smallest absolute Gasteiger partial charge is 0.311 e. The summed E-state index contributed by atoms with van der Waals surface area (Å²) in [5.41, 5.74) is -0.0978. The summed E-state index contributed by atoms with van der Waals surface area (Å²) in [6, 6.07) is 2.88. The lowest BCUT2D eigenvalue weighted by molar-refractivity contribution is -0.139. The first-order chi connectivity index (χ1) is 7.91. The Kier molecular flexibility index (Phi) is 4.57. The SMILES string of the molecule is CN(C)CCC(C(=O)O)c1cc(F)ccc1F. The van der Waals surface area contributed by atoms with Gasteiger partial charge in [0.15, 0.2) is 0 Å². The van der Waals surface area contributed by atoms with Crippen molar-refractivity contribution in [3.05, 3.63) is 35.4 Å². The molecule has 0 saturated carbocycles. The molecule has 1 rings (SSSR count). The normalized spacial score (nSPS) is 12.8. The molecule has 1 unspecified atom stereocenters. The Balaban J connectivity index is 2.97. The van der Waals surface area contributed by atoms with Crippen LogP contribution in [0.1, 0.15) is 17.9 Å². The zero-order chi connectivity index (χ0) is 13.0. The maximum atomic E-state index is 13.5. The van der Waals surface area contributed by atoms with Crippen molar-refractivity contribution in [1.29, 1.82) is 0 Å². The van der Waals surface area contributed by atoms with Crippen molar-refractivity contribution >= 4 is 5.97 Å². The highest BCUT2D eigenvalue weighted by Crippen LogP contribution is 2.24. The van der Waals surface area contributed by atoms with E-state index < -0.39 is 23.5 Å². The number of aliphatic carboxylic acids is 1. The summed E-state index contributed by atoms with van der Waals surface area (Å²) >= 11 is 0. The molecule has 1 N–H and O–H groups in total. The Bertz CT molecular complexity index is 407. The molecule has 0 bridgehead atoms. The zero-order valence-corrected chi connectivity index (χ0v) is 9.78. The van der Waals surface area contributed by atoms with Gasteiger partial charge in [0.05, 0.1) is 5.92 Å². The topological polar surface area (TPSA) is 40.5 Å². The molecular formula is C12H15F2NO2. The van der Waals surface area contributed by atoms with Crippen LogP contribution in [0.3, 0.4) is 0 Å². The summed E-state index contributed by atoms with van der Waals surface area (Å²) in [6.45, 7) is 0.493. The molecule has 3 nitrogen and oxygen atoms in total. The molecular weight excluding hydrogens is 228 g/mol. The van der Waals surface area contributed by atoms with Crippen LogP contribution in [0.5, 0.6) is 0 Å². The van der Waals surface area contributed by atoms with E-state index in [1.54, 1.807) is 19.0 Å². The van der Waals surface area contributed by atoms with Gasteiger partial charge in [0.25, 0.3) is 0 Å². The molecule has 0 aliphatic rings. The van der Waals surface area contributed by atoms with Gasteiger partial charge in [0.1, 0.15) is 11.6 Å². The van der Waals surface area contributed by atoms with E-state index in [1.807, 2.05) is 0 Å². The van der Waals surface area contributed by atoms with Gasteiger partial charge in [-0.25, -0.2) is 8.78 Å². The van der Waals surface area contributed by atoms with E-state index in [9.17, 15) is 13.6 Å². The summed E-state index contributed by atoms with van der Waals surface area (Å²) in [6.07, 6.45) is 0.239. The minimum atomic E-state index is -1.14. The highest BCUT2D eigenvalue weighted by Gasteiger charge is 2.23. The predicted octanol–water partition coefficient (Wildman–Crippen LogP) is 2.08. The fourth-order valence-corrected chi connectivity index (χ4v) is 1.58. The Hall–Kier alpha value is -1.49. The number of benzene rings is 1. The van der Waals surface area contributed by atoms with Gasteiger partial charge in [0.2, 0.25) is 0 Å². The molecule has 0 aliphatic carbocycles. The number of rotatable bonds is 5. The molecule has 0 amide bonds. The fraction of sp³-hybridized carbons (Fsp3) is 0.417. The van der Waals surface area contributed by atoms with Crippen LogP contribution in [0.15, 0.2) is 18.2 Å². The lowest BCUT2D eigenvalue weighted by atomic mass is 9.95. The quantitative estimate of drug-likeness (QED) is 0.860. The molecule has 0 aliphatic heterocycles. The first-order valence-corrected chi connectivity index (χ1v) is 5.24. The summed E-state index contributed by atoms with van der Waals surface area (Å²) in [5, 5.41) is 9.05. The maximum absolute atomic E-state index is 13.5. The van der Waals surface area contributed by atoms with Crippen molar-refractivity contribution in [1.82, 2.24) is 4.90 Å². The van der Waals surface area contributed by atoms with Gasteiger partial charge < -0.3 is 10.0 Å². The number of hydrogen-bond donors (Lipinski definition) is 1. The van der Waals surface area contributed by atoms with Gasteiger partial charge in [0, 0.05) is 5.56 Å². The van der Waals surface area contributed by atoms with Crippen molar-refractivity contribution in [3.63, 3.8) is 0 Å². The number of hydrogen-bond acceptors (Lipinski definition) is 2. The number of carboxylic acids is 1. The molecule has 1 atom stereocenters. The fourth-order valence-electron chi connectivity index (χ4n) is 1.58. The van der Waals surface area contributed by atoms with Crippen LogP contribution in [-0.2, 0) is 4.79 Å². The van der Waals surface area contributed by atoms with Gasteiger partial charge >= 0.3 is 5.97 Å². The van der Waals surface area contributed by atoms with E-state index in [0.717, 1.165) is 18.2 Å². The van der Waals surface area contributed by atoms with Crippen molar-refractivity contribution in [2.24, 2.45) is 0 Å². The van der Waals surface area contributed by atoms with Crippen LogP contribution >= 0.6 is 0 Å². The molecule has 17 heavy (non-hydrogen) atoms. The third-order valence-corrected chi connectivity index (χ3v) is 2.50. The predicted molar refractivity (Wildman–Crippen MR) is 59.9 cm³/mol. The van der Waals surface area contributed by atoms with Gasteiger partial charge in [-0.05, 0) is 45.3 Å². The monoisotopic (exact) mass is 243 g/mol. The molecule has 0 heterocycles.